The van der Waals surface area contributed by atoms with Crippen LogP contribution in [0.3, 0.4) is 0 Å². The van der Waals surface area contributed by atoms with Crippen molar-refractivity contribution >= 4 is 16.9 Å². The molecule has 110 valence electrons. The van der Waals surface area contributed by atoms with E-state index in [1.165, 1.54) is 29.1 Å². The average molecular weight is 284 g/mol. The van der Waals surface area contributed by atoms with Gasteiger partial charge in [0.25, 0.3) is 0 Å². The Hall–Kier alpha value is -1.81. The largest absolute Gasteiger partial charge is 0.469 e. The predicted molar refractivity (Wildman–Crippen MR) is 81.0 cm³/mol. The van der Waals surface area contributed by atoms with E-state index in [0.29, 0.717) is 12.0 Å². The molecular formula is C17H20N2O2. The molecule has 0 saturated carbocycles. The number of benzene rings is 1. The van der Waals surface area contributed by atoms with Crippen LogP contribution in [0, 0.1) is 11.8 Å². The fourth-order valence-electron chi connectivity index (χ4n) is 4.39. The van der Waals surface area contributed by atoms with Crippen LogP contribution in [0.25, 0.3) is 10.9 Å². The highest BCUT2D eigenvalue weighted by Gasteiger charge is 2.41. The first-order valence-corrected chi connectivity index (χ1v) is 7.56. The Kier molecular flexibility index (Phi) is 2.82. The van der Waals surface area contributed by atoms with E-state index < -0.39 is 0 Å². The molecule has 0 unspecified atom stereocenters. The van der Waals surface area contributed by atoms with Crippen LogP contribution < -0.4 is 0 Å². The summed E-state index contributed by atoms with van der Waals surface area (Å²) in [5, 5.41) is 1.39. The summed E-state index contributed by atoms with van der Waals surface area (Å²) in [5.74, 6) is 0.418. The van der Waals surface area contributed by atoms with E-state index in [4.69, 9.17) is 4.74 Å². The smallest absolute Gasteiger partial charge is 0.309 e. The van der Waals surface area contributed by atoms with Crippen molar-refractivity contribution in [3.8, 4) is 0 Å². The van der Waals surface area contributed by atoms with Crippen molar-refractivity contribution in [2.45, 2.75) is 18.9 Å². The van der Waals surface area contributed by atoms with Gasteiger partial charge < -0.3 is 9.72 Å². The molecule has 1 saturated heterocycles. The van der Waals surface area contributed by atoms with E-state index in [0.717, 1.165) is 19.4 Å². The molecule has 0 radical (unpaired) electrons. The Bertz CT molecular complexity index is 706. The molecule has 4 rings (SSSR count). The van der Waals surface area contributed by atoms with E-state index in [-0.39, 0.29) is 11.9 Å². The molecule has 21 heavy (non-hydrogen) atoms. The first-order chi connectivity index (χ1) is 10.2. The Morgan fingerprint density at radius 3 is 3.10 bits per heavy atom. The Morgan fingerprint density at radius 2 is 2.29 bits per heavy atom. The number of carbonyl (C=O) groups is 1. The molecule has 4 nitrogen and oxygen atoms in total. The van der Waals surface area contributed by atoms with E-state index >= 15 is 0 Å². The lowest BCUT2D eigenvalue weighted by atomic mass is 9.73. The van der Waals surface area contributed by atoms with Crippen LogP contribution in [-0.2, 0) is 16.0 Å². The van der Waals surface area contributed by atoms with Crippen LogP contribution in [0.5, 0.6) is 0 Å². The number of methoxy groups -OCH3 is 1. The summed E-state index contributed by atoms with van der Waals surface area (Å²) in [6.45, 7) is 0.782. The van der Waals surface area contributed by atoms with Gasteiger partial charge in [0, 0.05) is 29.7 Å². The lowest BCUT2D eigenvalue weighted by Crippen LogP contribution is -2.45. The fourth-order valence-corrected chi connectivity index (χ4v) is 4.39. The average Bonchev–Trinajstić information content (AvgIpc) is 2.90. The maximum atomic E-state index is 11.9. The molecule has 0 bridgehead atoms. The first kappa shape index (κ1) is 12.9. The normalized spacial score (nSPS) is 28.4. The number of likely N-dealkylation sites (tertiary alicyclic amines) is 1. The zero-order chi connectivity index (χ0) is 14.6. The van der Waals surface area contributed by atoms with Gasteiger partial charge in [0.1, 0.15) is 0 Å². The van der Waals surface area contributed by atoms with Gasteiger partial charge in [-0.2, -0.15) is 0 Å². The fraction of sp³-hybridized carbons (Fsp3) is 0.471. The number of esters is 1. The summed E-state index contributed by atoms with van der Waals surface area (Å²) in [7, 11) is 3.61. The van der Waals surface area contributed by atoms with E-state index in [9.17, 15) is 4.79 Å². The van der Waals surface area contributed by atoms with Gasteiger partial charge in [-0.05, 0) is 43.0 Å². The van der Waals surface area contributed by atoms with Crippen molar-refractivity contribution in [1.29, 1.82) is 0 Å². The quantitative estimate of drug-likeness (QED) is 0.818. The lowest BCUT2D eigenvalue weighted by Gasteiger charge is -2.44. The summed E-state index contributed by atoms with van der Waals surface area (Å²) in [5.41, 5.74) is 4.02. The minimum atomic E-state index is -0.0709. The number of nitrogens with one attached hydrogen (secondary N) is 1. The number of piperidine rings is 1. The van der Waals surface area contributed by atoms with E-state index in [2.05, 4.69) is 41.3 Å². The number of aromatic nitrogens is 1. The second-order valence-corrected chi connectivity index (χ2v) is 6.39. The maximum Gasteiger partial charge on any atom is 0.309 e. The standard InChI is InChI=1S/C17H20N2O2/c1-19-9-12(17(20)21-2)7-10-6-11-8-18-14-5-3-4-13(15(11)14)16(10)19/h3-5,8,10,12,16,18H,6-7,9H2,1-2H3/t10-,12+,16-/m0/s1. The molecule has 1 aromatic carbocycles. The molecule has 1 aliphatic carbocycles. The van der Waals surface area contributed by atoms with Crippen LogP contribution in [0.15, 0.2) is 24.4 Å². The van der Waals surface area contributed by atoms with Crippen LogP contribution >= 0.6 is 0 Å². The number of hydrogen-bond acceptors (Lipinski definition) is 3. The van der Waals surface area contributed by atoms with Gasteiger partial charge in [-0.1, -0.05) is 12.1 Å². The molecule has 4 heteroatoms. The maximum absolute atomic E-state index is 11.9. The number of ether oxygens (including phenoxy) is 1. The Balaban J connectivity index is 1.76. The summed E-state index contributed by atoms with van der Waals surface area (Å²) < 4.78 is 4.96. The van der Waals surface area contributed by atoms with Gasteiger partial charge in [-0.15, -0.1) is 0 Å². The number of carbonyl (C=O) groups excluding carboxylic acids is 1. The molecular weight excluding hydrogens is 264 g/mol. The third-order valence-electron chi connectivity index (χ3n) is 5.17. The summed E-state index contributed by atoms with van der Waals surface area (Å²) in [4.78, 5) is 17.6. The molecule has 0 spiro atoms. The molecule has 2 heterocycles. The summed E-state index contributed by atoms with van der Waals surface area (Å²) >= 11 is 0. The first-order valence-electron chi connectivity index (χ1n) is 7.56. The zero-order valence-electron chi connectivity index (χ0n) is 12.4. The number of rotatable bonds is 1. The van der Waals surface area contributed by atoms with E-state index in [1.807, 2.05) is 0 Å². The second-order valence-electron chi connectivity index (χ2n) is 6.39. The van der Waals surface area contributed by atoms with Gasteiger partial charge in [0.15, 0.2) is 0 Å². The van der Waals surface area contributed by atoms with Gasteiger partial charge in [-0.3, -0.25) is 9.69 Å². The molecule has 3 atom stereocenters. The molecule has 2 aliphatic rings. The highest BCUT2D eigenvalue weighted by molar-refractivity contribution is 5.88. The molecule has 0 amide bonds. The number of nitrogens with zero attached hydrogens (tertiary/aromatic N) is 1. The SMILES string of the molecule is COC(=O)[C@@H]1C[C@@H]2Cc3c[nH]c4cccc(c34)[C@H]2N(C)C1. The van der Waals surface area contributed by atoms with Gasteiger partial charge in [0.2, 0.25) is 0 Å². The monoisotopic (exact) mass is 284 g/mol. The molecule has 1 aromatic heterocycles. The van der Waals surface area contributed by atoms with Crippen molar-refractivity contribution in [2.75, 3.05) is 20.7 Å². The molecule has 1 fully saturated rings. The Labute approximate surface area is 124 Å². The molecule has 2 aromatic rings. The Morgan fingerprint density at radius 1 is 1.43 bits per heavy atom. The van der Waals surface area contributed by atoms with Crippen LogP contribution in [-0.4, -0.2) is 36.6 Å². The lowest BCUT2D eigenvalue weighted by molar-refractivity contribution is -0.149. The zero-order valence-corrected chi connectivity index (χ0v) is 12.4. The highest BCUT2D eigenvalue weighted by atomic mass is 16.5. The molecule has 1 N–H and O–H groups in total. The summed E-state index contributed by atoms with van der Waals surface area (Å²) in [6, 6.07) is 6.92. The van der Waals surface area contributed by atoms with Gasteiger partial charge in [-0.25, -0.2) is 0 Å². The van der Waals surface area contributed by atoms with E-state index in [1.54, 1.807) is 0 Å². The van der Waals surface area contributed by atoms with Crippen LogP contribution in [0.1, 0.15) is 23.6 Å². The number of aromatic amines is 1. The van der Waals surface area contributed by atoms with Crippen molar-refractivity contribution in [1.82, 2.24) is 9.88 Å². The third kappa shape index (κ3) is 1.82. The summed E-state index contributed by atoms with van der Waals surface area (Å²) in [6.07, 6.45) is 4.09. The predicted octanol–water partition coefficient (Wildman–Crippen LogP) is 2.51. The van der Waals surface area contributed by atoms with Crippen molar-refractivity contribution in [3.63, 3.8) is 0 Å². The van der Waals surface area contributed by atoms with Crippen molar-refractivity contribution < 1.29 is 9.53 Å². The van der Waals surface area contributed by atoms with Crippen LogP contribution in [0.4, 0.5) is 0 Å². The molecule has 1 aliphatic heterocycles. The number of hydrogen-bond donors (Lipinski definition) is 1. The topological polar surface area (TPSA) is 45.3 Å². The van der Waals surface area contributed by atoms with Gasteiger partial charge >= 0.3 is 5.97 Å². The number of fused-ring (bicyclic) bond motifs is 2. The van der Waals surface area contributed by atoms with Crippen LogP contribution in [0.2, 0.25) is 0 Å². The minimum Gasteiger partial charge on any atom is -0.469 e. The van der Waals surface area contributed by atoms with Crippen molar-refractivity contribution in [3.05, 3.63) is 35.5 Å². The highest BCUT2D eigenvalue weighted by Crippen LogP contribution is 2.46. The minimum absolute atomic E-state index is 0.000875. The second kappa shape index (κ2) is 4.60. The van der Waals surface area contributed by atoms with Crippen molar-refractivity contribution in [2.24, 2.45) is 11.8 Å². The third-order valence-corrected chi connectivity index (χ3v) is 5.17. The van der Waals surface area contributed by atoms with Gasteiger partial charge in [0.05, 0.1) is 13.0 Å². The number of H-pyrrole nitrogens is 1.